The van der Waals surface area contributed by atoms with Crippen LogP contribution in [0, 0.1) is 0 Å². The summed E-state index contributed by atoms with van der Waals surface area (Å²) < 4.78 is 28.8. The third-order valence-electron chi connectivity index (χ3n) is 3.53. The van der Waals surface area contributed by atoms with Crippen LogP contribution < -0.4 is 0 Å². The van der Waals surface area contributed by atoms with Crippen LogP contribution in [0.15, 0.2) is 12.1 Å². The van der Waals surface area contributed by atoms with E-state index in [1.807, 2.05) is 13.8 Å². The van der Waals surface area contributed by atoms with Gasteiger partial charge in [0.25, 0.3) is 6.43 Å². The molecule has 1 rings (SSSR count). The number of Topliss-reactive ketones (excluding diaryl/α,β-unsaturated/α-hetero) is 1. The van der Waals surface area contributed by atoms with Crippen LogP contribution in [0.5, 0.6) is 0 Å². The monoisotopic (exact) mass is 298 g/mol. The van der Waals surface area contributed by atoms with Gasteiger partial charge in [0.1, 0.15) is 6.61 Å². The summed E-state index contributed by atoms with van der Waals surface area (Å²) in [5, 5.41) is 0. The molecule has 4 heteroatoms. The smallest absolute Gasteiger partial charge is 0.261 e. The third-order valence-corrected chi connectivity index (χ3v) is 3.53. The zero-order valence-corrected chi connectivity index (χ0v) is 13.0. The van der Waals surface area contributed by atoms with Crippen LogP contribution in [0.3, 0.4) is 0 Å². The zero-order valence-electron chi connectivity index (χ0n) is 13.0. The predicted molar refractivity (Wildman–Crippen MR) is 80.3 cm³/mol. The molecule has 1 aromatic rings. The Balaban J connectivity index is 2.86. The Hall–Kier alpha value is -1.29. The molecule has 0 spiro atoms. The van der Waals surface area contributed by atoms with E-state index in [-0.39, 0.29) is 18.8 Å². The van der Waals surface area contributed by atoms with E-state index in [2.05, 4.69) is 19.1 Å². The van der Waals surface area contributed by atoms with Gasteiger partial charge < -0.3 is 4.74 Å². The van der Waals surface area contributed by atoms with E-state index in [9.17, 15) is 13.6 Å². The Kier molecular flexibility index (Phi) is 7.51. The van der Waals surface area contributed by atoms with Crippen molar-refractivity contribution in [3.05, 3.63) is 34.4 Å². The minimum Gasteiger partial charge on any atom is -0.375 e. The van der Waals surface area contributed by atoms with Crippen molar-refractivity contribution in [2.24, 2.45) is 0 Å². The number of carbonyl (C=O) groups excluding carboxylic acids is 1. The van der Waals surface area contributed by atoms with Crippen molar-refractivity contribution >= 4 is 5.78 Å². The molecule has 0 N–H and O–H groups in total. The fourth-order valence-electron chi connectivity index (χ4n) is 2.42. The number of hydrogen-bond acceptors (Lipinski definition) is 2. The highest BCUT2D eigenvalue weighted by molar-refractivity contribution is 5.99. The molecule has 0 aromatic heterocycles. The molecule has 0 aliphatic carbocycles. The van der Waals surface area contributed by atoms with Gasteiger partial charge in [0.05, 0.1) is 6.61 Å². The van der Waals surface area contributed by atoms with Crippen molar-refractivity contribution in [2.45, 2.75) is 52.9 Å². The van der Waals surface area contributed by atoms with Crippen LogP contribution in [0.4, 0.5) is 8.78 Å². The second kappa shape index (κ2) is 8.88. The second-order valence-electron chi connectivity index (χ2n) is 4.99. The van der Waals surface area contributed by atoms with Gasteiger partial charge in [-0.2, -0.15) is 0 Å². The molecule has 1 aromatic carbocycles. The van der Waals surface area contributed by atoms with Gasteiger partial charge in [0.15, 0.2) is 5.78 Å². The van der Waals surface area contributed by atoms with E-state index in [1.165, 1.54) is 5.56 Å². The lowest BCUT2D eigenvalue weighted by Crippen LogP contribution is -2.13. The van der Waals surface area contributed by atoms with Crippen LogP contribution in [0.2, 0.25) is 0 Å². The lowest BCUT2D eigenvalue weighted by molar-refractivity contribution is 0.0169. The first-order chi connectivity index (χ1) is 10.0. The van der Waals surface area contributed by atoms with Gasteiger partial charge in [0.2, 0.25) is 0 Å². The fraction of sp³-hybridized carbons (Fsp3) is 0.588. The van der Waals surface area contributed by atoms with E-state index in [0.717, 1.165) is 36.0 Å². The molecule has 0 heterocycles. The molecule has 0 fully saturated rings. The van der Waals surface area contributed by atoms with E-state index >= 15 is 0 Å². The Morgan fingerprint density at radius 2 is 1.67 bits per heavy atom. The van der Waals surface area contributed by atoms with Crippen molar-refractivity contribution in [1.82, 2.24) is 0 Å². The van der Waals surface area contributed by atoms with Crippen LogP contribution >= 0.6 is 0 Å². The van der Waals surface area contributed by atoms with E-state index < -0.39 is 13.0 Å². The number of rotatable bonds is 9. The van der Waals surface area contributed by atoms with Crippen LogP contribution in [0.1, 0.15) is 54.2 Å². The summed E-state index contributed by atoms with van der Waals surface area (Å²) in [7, 11) is 0. The van der Waals surface area contributed by atoms with E-state index in [0.29, 0.717) is 0 Å². The number of ketones is 1. The van der Waals surface area contributed by atoms with Gasteiger partial charge >= 0.3 is 0 Å². The molecule has 21 heavy (non-hydrogen) atoms. The van der Waals surface area contributed by atoms with Crippen molar-refractivity contribution in [3.8, 4) is 0 Å². The molecule has 0 bridgehead atoms. The third kappa shape index (κ3) is 5.20. The average Bonchev–Trinajstić information content (AvgIpc) is 2.49. The number of alkyl halides is 2. The van der Waals surface area contributed by atoms with Crippen molar-refractivity contribution < 1.29 is 18.3 Å². The molecule has 0 aliphatic heterocycles. The molecule has 2 nitrogen and oxygen atoms in total. The van der Waals surface area contributed by atoms with Crippen LogP contribution in [-0.4, -0.2) is 25.4 Å². The first-order valence-corrected chi connectivity index (χ1v) is 7.57. The largest absolute Gasteiger partial charge is 0.375 e. The molecule has 118 valence electrons. The van der Waals surface area contributed by atoms with Gasteiger partial charge in [-0.15, -0.1) is 0 Å². The van der Waals surface area contributed by atoms with Gasteiger partial charge in [0, 0.05) is 12.0 Å². The quantitative estimate of drug-likeness (QED) is 0.504. The summed E-state index contributed by atoms with van der Waals surface area (Å²) in [6.07, 6.45) is 0.186. The predicted octanol–water partition coefficient (Wildman–Crippen LogP) is 4.23. The number of carbonyl (C=O) groups is 1. The Labute approximate surface area is 125 Å². The normalized spacial score (nSPS) is 11.1. The highest BCUT2D eigenvalue weighted by Crippen LogP contribution is 2.22. The topological polar surface area (TPSA) is 26.3 Å². The Bertz CT molecular complexity index is 445. The Morgan fingerprint density at radius 1 is 1.10 bits per heavy atom. The summed E-state index contributed by atoms with van der Waals surface area (Å²) in [6, 6.07) is 4.15. The summed E-state index contributed by atoms with van der Waals surface area (Å²) in [6.45, 7) is 5.58. The lowest BCUT2D eigenvalue weighted by Gasteiger charge is -2.14. The summed E-state index contributed by atoms with van der Waals surface area (Å²) in [5.41, 5.74) is 4.09. The maximum atomic E-state index is 12.4. The molecule has 0 aliphatic rings. The maximum absolute atomic E-state index is 12.4. The van der Waals surface area contributed by atoms with Crippen molar-refractivity contribution in [2.75, 3.05) is 13.2 Å². The summed E-state index contributed by atoms with van der Waals surface area (Å²) >= 11 is 0. The van der Waals surface area contributed by atoms with Gasteiger partial charge in [-0.05, 0) is 36.0 Å². The molecule has 0 atom stereocenters. The molecule has 0 amide bonds. The minimum absolute atomic E-state index is 0.0133. The number of aryl methyl sites for hydroxylation is 3. The van der Waals surface area contributed by atoms with Crippen molar-refractivity contribution in [3.63, 3.8) is 0 Å². The fourth-order valence-corrected chi connectivity index (χ4v) is 2.42. The van der Waals surface area contributed by atoms with Crippen LogP contribution in [-0.2, 0) is 24.0 Å². The molecule has 0 saturated heterocycles. The molecule has 0 unspecified atom stereocenters. The van der Waals surface area contributed by atoms with Crippen LogP contribution in [0.25, 0.3) is 0 Å². The zero-order chi connectivity index (χ0) is 15.8. The molecule has 0 saturated carbocycles. The maximum Gasteiger partial charge on any atom is 0.261 e. The molecule has 0 radical (unpaired) electrons. The van der Waals surface area contributed by atoms with E-state index in [4.69, 9.17) is 4.74 Å². The first kappa shape index (κ1) is 17.8. The lowest BCUT2D eigenvalue weighted by atomic mass is 9.90. The minimum atomic E-state index is -2.48. The van der Waals surface area contributed by atoms with Gasteiger partial charge in [-0.3, -0.25) is 4.79 Å². The van der Waals surface area contributed by atoms with Crippen molar-refractivity contribution in [1.29, 1.82) is 0 Å². The first-order valence-electron chi connectivity index (χ1n) is 7.57. The van der Waals surface area contributed by atoms with Gasteiger partial charge in [-0.25, -0.2) is 8.78 Å². The average molecular weight is 298 g/mol. The summed E-state index contributed by atoms with van der Waals surface area (Å²) in [4.78, 5) is 12.4. The SMILES string of the molecule is CCc1cc(CC)c(C(=O)CCOCC(F)F)c(CC)c1. The highest BCUT2D eigenvalue weighted by Gasteiger charge is 2.16. The number of ether oxygens (including phenoxy) is 1. The van der Waals surface area contributed by atoms with Gasteiger partial charge in [-0.1, -0.05) is 32.9 Å². The number of benzene rings is 1. The highest BCUT2D eigenvalue weighted by atomic mass is 19.3. The van der Waals surface area contributed by atoms with E-state index in [1.54, 1.807) is 0 Å². The molecular weight excluding hydrogens is 274 g/mol. The molecular formula is C17H24F2O2. The number of hydrogen-bond donors (Lipinski definition) is 0. The number of halogens is 2. The Morgan fingerprint density at radius 3 is 2.10 bits per heavy atom. The standard InChI is InChI=1S/C17H24F2O2/c1-4-12-9-13(5-2)17(14(6-3)10-12)15(20)7-8-21-11-16(18)19/h9-10,16H,4-8,11H2,1-3H3. The summed E-state index contributed by atoms with van der Waals surface area (Å²) in [5.74, 6) is -0.0133. The second-order valence-corrected chi connectivity index (χ2v) is 4.99.